The third kappa shape index (κ3) is 8.46. The SMILES string of the molecule is Cc1cccc(C(=O)NC2CC(n3cnc4c(NC5CCN(CCCN6CCN(C(=O)COc7cccc8c7C(=O)N(C7CCC(=O)NC7=O)C8=O)CC6)CC5)ncnc43)C2)n1. The van der Waals surface area contributed by atoms with E-state index in [4.69, 9.17) is 9.72 Å². The Bertz CT molecular complexity index is 2400. The van der Waals surface area contributed by atoms with Crippen LogP contribution < -0.4 is 20.7 Å². The number of likely N-dealkylation sites (tertiary alicyclic amines) is 1. The van der Waals surface area contributed by atoms with Crippen molar-refractivity contribution in [1.82, 2.24) is 54.7 Å². The Labute approximate surface area is 357 Å². The van der Waals surface area contributed by atoms with Crippen molar-refractivity contribution in [1.29, 1.82) is 0 Å². The number of ether oxygens (including phenoxy) is 1. The number of piperidine rings is 2. The van der Waals surface area contributed by atoms with Crippen molar-refractivity contribution in [3.05, 3.63) is 71.6 Å². The van der Waals surface area contributed by atoms with E-state index < -0.39 is 29.7 Å². The molecule has 3 aromatic heterocycles. The molecule has 19 heteroatoms. The first kappa shape index (κ1) is 41.0. The number of imidazole rings is 1. The molecule has 6 amide bonds. The minimum Gasteiger partial charge on any atom is -0.483 e. The van der Waals surface area contributed by atoms with Gasteiger partial charge in [-0.1, -0.05) is 12.1 Å². The molecule has 19 nitrogen and oxygen atoms in total. The van der Waals surface area contributed by atoms with Gasteiger partial charge in [0.1, 0.15) is 29.3 Å². The fourth-order valence-corrected chi connectivity index (χ4v) is 9.15. The first-order valence-corrected chi connectivity index (χ1v) is 21.5. The number of hydrogen-bond donors (Lipinski definition) is 3. The number of benzene rings is 1. The fraction of sp³-hybridized carbons (Fsp3) is 0.488. The predicted molar refractivity (Wildman–Crippen MR) is 223 cm³/mol. The zero-order valence-corrected chi connectivity index (χ0v) is 34.6. The van der Waals surface area contributed by atoms with E-state index in [0.717, 1.165) is 98.9 Å². The molecular formula is C43H50N12O7. The number of anilines is 1. The third-order valence-corrected chi connectivity index (χ3v) is 12.7. The molecule has 5 aliphatic rings. The van der Waals surface area contributed by atoms with Gasteiger partial charge in [-0.2, -0.15) is 0 Å². The van der Waals surface area contributed by atoms with Crippen molar-refractivity contribution in [3.63, 3.8) is 0 Å². The number of aromatic nitrogens is 5. The molecule has 62 heavy (non-hydrogen) atoms. The van der Waals surface area contributed by atoms with Gasteiger partial charge in [-0.05, 0) is 82.8 Å². The van der Waals surface area contributed by atoms with Gasteiger partial charge >= 0.3 is 0 Å². The molecule has 0 spiro atoms. The van der Waals surface area contributed by atoms with E-state index in [1.807, 2.05) is 25.4 Å². The van der Waals surface area contributed by atoms with Crippen LogP contribution in [0.1, 0.15) is 87.9 Å². The number of fused-ring (bicyclic) bond motifs is 2. The zero-order valence-electron chi connectivity index (χ0n) is 34.6. The highest BCUT2D eigenvalue weighted by Gasteiger charge is 2.46. The number of aryl methyl sites for hydroxylation is 1. The van der Waals surface area contributed by atoms with Crippen molar-refractivity contribution in [2.45, 2.75) is 76.0 Å². The van der Waals surface area contributed by atoms with Crippen LogP contribution in [0.2, 0.25) is 0 Å². The van der Waals surface area contributed by atoms with Crippen LogP contribution in [0.25, 0.3) is 11.2 Å². The van der Waals surface area contributed by atoms with Gasteiger partial charge in [-0.3, -0.25) is 43.9 Å². The topological polar surface area (TPSA) is 217 Å². The quantitative estimate of drug-likeness (QED) is 0.163. The van der Waals surface area contributed by atoms with Gasteiger partial charge in [-0.15, -0.1) is 0 Å². The number of piperazine rings is 1. The maximum Gasteiger partial charge on any atom is 0.270 e. The van der Waals surface area contributed by atoms with E-state index in [1.54, 1.807) is 23.4 Å². The van der Waals surface area contributed by atoms with Crippen LogP contribution in [0.3, 0.4) is 0 Å². The number of carbonyl (C=O) groups excluding carboxylic acids is 6. The molecule has 7 heterocycles. The van der Waals surface area contributed by atoms with Gasteiger partial charge in [0.15, 0.2) is 18.1 Å². The molecule has 4 aromatic rings. The summed E-state index contributed by atoms with van der Waals surface area (Å²) in [4.78, 5) is 102. The molecule has 0 radical (unpaired) electrons. The lowest BCUT2D eigenvalue weighted by atomic mass is 9.86. The molecule has 4 aliphatic heterocycles. The number of amides is 6. The van der Waals surface area contributed by atoms with E-state index in [0.29, 0.717) is 18.8 Å². The summed E-state index contributed by atoms with van der Waals surface area (Å²) < 4.78 is 7.93. The van der Waals surface area contributed by atoms with Crippen LogP contribution in [-0.2, 0) is 14.4 Å². The summed E-state index contributed by atoms with van der Waals surface area (Å²) in [6, 6.07) is 9.52. The summed E-state index contributed by atoms with van der Waals surface area (Å²) in [7, 11) is 0. The van der Waals surface area contributed by atoms with Gasteiger partial charge < -0.3 is 29.7 Å². The second-order valence-corrected chi connectivity index (χ2v) is 16.8. The minimum absolute atomic E-state index is 0.0249. The first-order valence-electron chi connectivity index (χ1n) is 21.5. The molecule has 1 aromatic carbocycles. The Kier molecular flexibility index (Phi) is 11.6. The van der Waals surface area contributed by atoms with Crippen molar-refractivity contribution in [3.8, 4) is 5.75 Å². The smallest absolute Gasteiger partial charge is 0.270 e. The number of carbonyl (C=O) groups is 6. The monoisotopic (exact) mass is 846 g/mol. The van der Waals surface area contributed by atoms with Crippen molar-refractivity contribution >= 4 is 52.4 Å². The number of nitrogens with one attached hydrogen (secondary N) is 3. The fourth-order valence-electron chi connectivity index (χ4n) is 9.15. The van der Waals surface area contributed by atoms with Gasteiger partial charge in [-0.25, -0.2) is 19.9 Å². The van der Waals surface area contributed by atoms with Crippen LogP contribution in [0.5, 0.6) is 5.75 Å². The molecule has 4 fully saturated rings. The van der Waals surface area contributed by atoms with Crippen molar-refractivity contribution in [2.75, 3.05) is 64.3 Å². The highest BCUT2D eigenvalue weighted by Crippen LogP contribution is 2.36. The lowest BCUT2D eigenvalue weighted by Crippen LogP contribution is -2.54. The van der Waals surface area contributed by atoms with Gasteiger partial charge in [0.05, 0.1) is 17.5 Å². The largest absolute Gasteiger partial charge is 0.483 e. The Morgan fingerprint density at radius 3 is 2.37 bits per heavy atom. The summed E-state index contributed by atoms with van der Waals surface area (Å²) in [5.74, 6) is -1.93. The molecule has 1 atom stereocenters. The summed E-state index contributed by atoms with van der Waals surface area (Å²) in [5, 5.41) is 8.93. The van der Waals surface area contributed by atoms with Gasteiger partial charge in [0.25, 0.3) is 23.6 Å². The Hall–Kier alpha value is -6.34. The molecular weight excluding hydrogens is 797 g/mol. The number of rotatable bonds is 13. The van der Waals surface area contributed by atoms with E-state index >= 15 is 0 Å². The number of hydrogen-bond acceptors (Lipinski definition) is 14. The van der Waals surface area contributed by atoms with Gasteiger partial charge in [0.2, 0.25) is 11.8 Å². The number of imide groups is 2. The zero-order chi connectivity index (χ0) is 42.9. The molecule has 324 valence electrons. The summed E-state index contributed by atoms with van der Waals surface area (Å²) in [6.07, 6.45) is 8.10. The van der Waals surface area contributed by atoms with E-state index in [-0.39, 0.29) is 66.3 Å². The average molecular weight is 847 g/mol. The molecule has 1 unspecified atom stereocenters. The van der Waals surface area contributed by atoms with Crippen molar-refractivity contribution in [2.24, 2.45) is 0 Å². The molecule has 3 N–H and O–H groups in total. The lowest BCUT2D eigenvalue weighted by Gasteiger charge is -2.36. The third-order valence-electron chi connectivity index (χ3n) is 12.7. The standard InChI is InChI=1S/C43H50N12O7/c1-26-5-2-7-31(47-26)40(58)49-28-21-29(22-28)54-25-46-37-38(44-24-45-39(37)54)48-27-11-15-51(16-12-27)13-4-14-52-17-19-53(20-18-52)35(57)23-62-33-8-3-6-30-36(33)43(61)55(42(30)60)32-9-10-34(56)50-41(32)59/h2-3,5-8,24-25,27-29,32H,4,9-23H2,1H3,(H,49,58)(H,44,45,48)(H,50,56,59). The summed E-state index contributed by atoms with van der Waals surface area (Å²) in [6.45, 7) is 8.10. The van der Waals surface area contributed by atoms with Crippen LogP contribution in [0, 0.1) is 6.92 Å². The Morgan fingerprint density at radius 1 is 0.855 bits per heavy atom. The maximum atomic E-state index is 13.4. The van der Waals surface area contributed by atoms with Crippen LogP contribution in [0.15, 0.2) is 49.1 Å². The molecule has 1 saturated carbocycles. The van der Waals surface area contributed by atoms with E-state index in [2.05, 4.69) is 45.3 Å². The maximum absolute atomic E-state index is 13.4. The predicted octanol–water partition coefficient (Wildman–Crippen LogP) is 1.55. The van der Waals surface area contributed by atoms with Gasteiger partial charge in [0, 0.05) is 69.5 Å². The Balaban J connectivity index is 0.675. The van der Waals surface area contributed by atoms with E-state index in [1.165, 1.54) is 12.1 Å². The van der Waals surface area contributed by atoms with Crippen LogP contribution >= 0.6 is 0 Å². The molecule has 9 rings (SSSR count). The van der Waals surface area contributed by atoms with Crippen LogP contribution in [0.4, 0.5) is 5.82 Å². The normalized spacial score (nSPS) is 22.4. The number of nitrogens with zero attached hydrogens (tertiary/aromatic N) is 9. The lowest BCUT2D eigenvalue weighted by molar-refractivity contribution is -0.136. The second kappa shape index (κ2) is 17.6. The molecule has 1 aliphatic carbocycles. The molecule has 0 bridgehead atoms. The molecule has 3 saturated heterocycles. The minimum atomic E-state index is -1.08. The summed E-state index contributed by atoms with van der Waals surface area (Å²) in [5.41, 5.74) is 2.93. The van der Waals surface area contributed by atoms with Crippen LogP contribution in [-0.4, -0.2) is 157 Å². The number of pyridine rings is 1. The first-order chi connectivity index (χ1) is 30.1. The second-order valence-electron chi connectivity index (χ2n) is 16.8. The van der Waals surface area contributed by atoms with Crippen molar-refractivity contribution < 1.29 is 33.5 Å². The summed E-state index contributed by atoms with van der Waals surface area (Å²) >= 11 is 0. The highest BCUT2D eigenvalue weighted by molar-refractivity contribution is 6.24. The Morgan fingerprint density at radius 2 is 1.61 bits per heavy atom. The van der Waals surface area contributed by atoms with E-state index in [9.17, 15) is 28.8 Å². The average Bonchev–Trinajstić information content (AvgIpc) is 3.80. The highest BCUT2D eigenvalue weighted by atomic mass is 16.5.